The number of pyridine rings is 1. The van der Waals surface area contributed by atoms with Crippen molar-refractivity contribution < 1.29 is 9.53 Å². The third kappa shape index (κ3) is 6.76. The fourth-order valence-corrected chi connectivity index (χ4v) is 4.39. The molecule has 1 atom stereocenters. The molecule has 0 saturated heterocycles. The second-order valence-corrected chi connectivity index (χ2v) is 9.39. The number of nitrogens with zero attached hydrogens (tertiary/aromatic N) is 1. The van der Waals surface area contributed by atoms with E-state index in [0.717, 1.165) is 22.3 Å². The van der Waals surface area contributed by atoms with Gasteiger partial charge in [0, 0.05) is 35.1 Å². The highest BCUT2D eigenvalue weighted by atomic mass is 35.5. The van der Waals surface area contributed by atoms with Gasteiger partial charge in [-0.2, -0.15) is 0 Å². The fourth-order valence-electron chi connectivity index (χ4n) is 4.21. The number of nitrogens with two attached hydrogens (primary N) is 1. The van der Waals surface area contributed by atoms with Gasteiger partial charge < -0.3 is 20.4 Å². The predicted molar refractivity (Wildman–Crippen MR) is 151 cm³/mol. The van der Waals surface area contributed by atoms with E-state index < -0.39 is 12.0 Å². The number of hydrogen-bond donors (Lipinski definition) is 3. The summed E-state index contributed by atoms with van der Waals surface area (Å²) in [6, 6.07) is 25.2. The maximum atomic E-state index is 12.6. The van der Waals surface area contributed by atoms with Gasteiger partial charge in [0.1, 0.15) is 6.04 Å². The van der Waals surface area contributed by atoms with Gasteiger partial charge in [0.2, 0.25) is 0 Å². The quantitative estimate of drug-likeness (QED) is 0.158. The summed E-state index contributed by atoms with van der Waals surface area (Å²) in [6.07, 6.45) is 2.45. The molecule has 4 N–H and O–H groups in total. The Labute approximate surface area is 226 Å². The molecule has 0 aliphatic rings. The van der Waals surface area contributed by atoms with E-state index in [0.29, 0.717) is 29.2 Å². The van der Waals surface area contributed by atoms with Crippen molar-refractivity contribution in [3.8, 4) is 0 Å². The van der Waals surface area contributed by atoms with E-state index in [1.165, 1.54) is 7.11 Å². The Hall–Kier alpha value is -4.20. The van der Waals surface area contributed by atoms with Crippen LogP contribution in [0.3, 0.4) is 0 Å². The fraction of sp³-hybridized carbons (Fsp3) is 0.167. The molecule has 8 heteroatoms. The molecule has 0 amide bonds. The first-order valence-electron chi connectivity index (χ1n) is 12.1. The molecule has 0 radical (unpaired) electrons. The molecule has 38 heavy (non-hydrogen) atoms. The van der Waals surface area contributed by atoms with E-state index in [2.05, 4.69) is 5.32 Å². The van der Waals surface area contributed by atoms with Gasteiger partial charge in [-0.15, -0.1) is 0 Å². The van der Waals surface area contributed by atoms with Crippen LogP contribution in [0, 0.1) is 5.41 Å². The molecular weight excluding hydrogens is 500 g/mol. The lowest BCUT2D eigenvalue weighted by Crippen LogP contribution is -2.34. The van der Waals surface area contributed by atoms with E-state index in [1.807, 2.05) is 54.6 Å². The maximum Gasteiger partial charge on any atom is 0.327 e. The minimum absolute atomic E-state index is 0.0340. The van der Waals surface area contributed by atoms with E-state index in [1.54, 1.807) is 41.1 Å². The molecule has 0 saturated carbocycles. The molecule has 0 aliphatic carbocycles. The number of benzene rings is 3. The highest BCUT2D eigenvalue weighted by Gasteiger charge is 2.22. The summed E-state index contributed by atoms with van der Waals surface area (Å²) in [6.45, 7) is 0.609. The number of carbonyl (C=O) groups excluding carboxylic acids is 1. The minimum atomic E-state index is -0.757. The van der Waals surface area contributed by atoms with Crippen LogP contribution in [-0.4, -0.2) is 29.9 Å². The average molecular weight is 529 g/mol. The van der Waals surface area contributed by atoms with E-state index >= 15 is 0 Å². The zero-order valence-corrected chi connectivity index (χ0v) is 21.7. The third-order valence-electron chi connectivity index (χ3n) is 6.23. The second kappa shape index (κ2) is 12.4. The van der Waals surface area contributed by atoms with Crippen LogP contribution in [0.1, 0.15) is 33.9 Å². The summed E-state index contributed by atoms with van der Waals surface area (Å²) < 4.78 is 6.70. The van der Waals surface area contributed by atoms with Crippen molar-refractivity contribution in [2.24, 2.45) is 0 Å². The van der Waals surface area contributed by atoms with Gasteiger partial charge in [-0.25, -0.2) is 4.79 Å². The van der Waals surface area contributed by atoms with Crippen LogP contribution in [0.2, 0.25) is 5.02 Å². The van der Waals surface area contributed by atoms with Crippen LogP contribution in [0.4, 0.5) is 5.69 Å². The number of rotatable bonds is 10. The van der Waals surface area contributed by atoms with Crippen LogP contribution < -0.4 is 16.6 Å². The van der Waals surface area contributed by atoms with Crippen molar-refractivity contribution in [2.45, 2.75) is 19.0 Å². The first-order chi connectivity index (χ1) is 18.3. The Bertz CT molecular complexity index is 1500. The molecule has 0 fully saturated rings. The number of esters is 1. The average Bonchev–Trinajstić information content (AvgIpc) is 2.92. The molecule has 0 spiro atoms. The summed E-state index contributed by atoms with van der Waals surface area (Å²) >= 11 is 6.07. The number of hydrogen-bond acceptors (Lipinski definition) is 6. The summed E-state index contributed by atoms with van der Waals surface area (Å²) in [5, 5.41) is 12.1. The third-order valence-corrected chi connectivity index (χ3v) is 6.46. The van der Waals surface area contributed by atoms with Crippen LogP contribution in [0.15, 0.2) is 95.9 Å². The van der Waals surface area contributed by atoms with Crippen LogP contribution in [0.25, 0.3) is 0 Å². The number of methoxy groups -OCH3 is 1. The van der Waals surface area contributed by atoms with Crippen molar-refractivity contribution in [1.29, 1.82) is 5.41 Å². The Balaban J connectivity index is 1.46. The lowest BCUT2D eigenvalue weighted by molar-refractivity contribution is -0.143. The number of ether oxygens (including phenoxy) is 1. The normalized spacial score (nSPS) is 11.6. The number of nitrogen functional groups attached to an aromatic ring is 1. The largest absolute Gasteiger partial charge is 0.468 e. The van der Waals surface area contributed by atoms with Gasteiger partial charge in [-0.05, 0) is 52.9 Å². The SMILES string of the molecule is COC(=O)C(NCC(=N)c1cc(Cl)ccc1N)c1cccc(Cc2ccc(Cn3ccccc3=O)cc2)c1. The first kappa shape index (κ1) is 26.9. The smallest absolute Gasteiger partial charge is 0.327 e. The molecule has 4 aromatic rings. The highest BCUT2D eigenvalue weighted by molar-refractivity contribution is 6.31. The minimum Gasteiger partial charge on any atom is -0.468 e. The molecular formula is C30H29ClN4O3. The number of aromatic nitrogens is 1. The topological polar surface area (TPSA) is 110 Å². The summed E-state index contributed by atoms with van der Waals surface area (Å²) in [4.78, 5) is 24.6. The maximum absolute atomic E-state index is 12.6. The van der Waals surface area contributed by atoms with Crippen molar-refractivity contribution in [3.63, 3.8) is 0 Å². The van der Waals surface area contributed by atoms with Crippen LogP contribution >= 0.6 is 11.6 Å². The lowest BCUT2D eigenvalue weighted by atomic mass is 9.98. The summed E-state index contributed by atoms with van der Waals surface area (Å²) in [5.74, 6) is -0.450. The Morgan fingerprint density at radius 2 is 1.76 bits per heavy atom. The zero-order chi connectivity index (χ0) is 27.1. The molecule has 0 bridgehead atoms. The number of carbonyl (C=O) groups is 1. The van der Waals surface area contributed by atoms with Gasteiger partial charge in [-0.1, -0.05) is 66.2 Å². The van der Waals surface area contributed by atoms with E-state index in [4.69, 9.17) is 27.5 Å². The van der Waals surface area contributed by atoms with Gasteiger partial charge in [0.05, 0.1) is 19.4 Å². The summed E-state index contributed by atoms with van der Waals surface area (Å²) in [7, 11) is 1.34. The number of nitrogens with one attached hydrogen (secondary N) is 2. The summed E-state index contributed by atoms with van der Waals surface area (Å²) in [5.41, 5.74) is 11.1. The van der Waals surface area contributed by atoms with E-state index in [9.17, 15) is 9.59 Å². The highest BCUT2D eigenvalue weighted by Crippen LogP contribution is 2.21. The Morgan fingerprint density at radius 3 is 2.50 bits per heavy atom. The zero-order valence-electron chi connectivity index (χ0n) is 21.0. The first-order valence-corrected chi connectivity index (χ1v) is 12.5. The van der Waals surface area contributed by atoms with Crippen molar-refractivity contribution in [3.05, 3.63) is 134 Å². The number of anilines is 1. The molecule has 0 aliphatic heterocycles. The Kier molecular flexibility index (Phi) is 8.73. The van der Waals surface area contributed by atoms with Gasteiger partial charge in [0.25, 0.3) is 5.56 Å². The predicted octanol–water partition coefficient (Wildman–Crippen LogP) is 4.59. The van der Waals surface area contributed by atoms with Gasteiger partial charge in [-0.3, -0.25) is 10.1 Å². The molecule has 1 heterocycles. The van der Waals surface area contributed by atoms with Crippen molar-refractivity contribution in [1.82, 2.24) is 9.88 Å². The molecule has 194 valence electrons. The second-order valence-electron chi connectivity index (χ2n) is 8.95. The molecule has 1 aromatic heterocycles. The monoisotopic (exact) mass is 528 g/mol. The van der Waals surface area contributed by atoms with Crippen molar-refractivity contribution in [2.75, 3.05) is 19.4 Å². The standard InChI is InChI=1S/C30H29ClN4O3/c1-38-30(37)29(34-18-27(33)25-17-24(31)12-13-26(25)32)23-6-4-5-22(16-23)15-20-8-10-21(11-9-20)19-35-14-3-2-7-28(35)36/h2-14,16-17,29,33-34H,15,18-19,32H2,1H3. The van der Waals surface area contributed by atoms with Crippen molar-refractivity contribution >= 4 is 29.0 Å². The van der Waals surface area contributed by atoms with Crippen LogP contribution in [-0.2, 0) is 22.5 Å². The van der Waals surface area contributed by atoms with E-state index in [-0.39, 0.29) is 17.8 Å². The lowest BCUT2D eigenvalue weighted by Gasteiger charge is -2.19. The van der Waals surface area contributed by atoms with Crippen LogP contribution in [0.5, 0.6) is 0 Å². The molecule has 7 nitrogen and oxygen atoms in total. The number of halogens is 1. The van der Waals surface area contributed by atoms with Gasteiger partial charge >= 0.3 is 5.97 Å². The molecule has 3 aromatic carbocycles. The Morgan fingerprint density at radius 1 is 1.00 bits per heavy atom. The molecule has 4 rings (SSSR count). The van der Waals surface area contributed by atoms with Gasteiger partial charge in [0.15, 0.2) is 0 Å². The molecule has 1 unspecified atom stereocenters.